The Balaban J connectivity index is 1.42. The lowest BCUT2D eigenvalue weighted by Gasteiger charge is -2.11. The van der Waals surface area contributed by atoms with Crippen molar-refractivity contribution in [2.45, 2.75) is 24.3 Å². The average molecular weight is 472 g/mol. The SMILES string of the molecule is CN1CCCC1=NS(=O)(=O)c1ccc(NC(=O)c2cnn(Cc3ccccc3Cl)c2)cc1. The van der Waals surface area contributed by atoms with Gasteiger partial charge in [0.15, 0.2) is 0 Å². The quantitative estimate of drug-likeness (QED) is 0.591. The molecule has 0 saturated carbocycles. The van der Waals surface area contributed by atoms with Crippen molar-refractivity contribution in [3.05, 3.63) is 77.1 Å². The van der Waals surface area contributed by atoms with E-state index in [0.717, 1.165) is 18.5 Å². The smallest absolute Gasteiger partial charge is 0.283 e. The monoisotopic (exact) mass is 471 g/mol. The van der Waals surface area contributed by atoms with Crippen LogP contribution in [0.5, 0.6) is 0 Å². The van der Waals surface area contributed by atoms with Crippen LogP contribution in [0.2, 0.25) is 5.02 Å². The summed E-state index contributed by atoms with van der Waals surface area (Å²) in [6, 6.07) is 13.4. The third kappa shape index (κ3) is 5.00. The minimum atomic E-state index is -3.79. The second-order valence-corrected chi connectivity index (χ2v) is 9.52. The molecule has 8 nitrogen and oxygen atoms in total. The number of anilines is 1. The van der Waals surface area contributed by atoms with Gasteiger partial charge in [-0.2, -0.15) is 13.5 Å². The van der Waals surface area contributed by atoms with Crippen LogP contribution < -0.4 is 5.32 Å². The van der Waals surface area contributed by atoms with E-state index in [4.69, 9.17) is 11.6 Å². The molecule has 1 aliphatic heterocycles. The van der Waals surface area contributed by atoms with Gasteiger partial charge in [0.2, 0.25) is 0 Å². The summed E-state index contributed by atoms with van der Waals surface area (Å²) < 4.78 is 30.7. The van der Waals surface area contributed by atoms with Crippen molar-refractivity contribution >= 4 is 39.1 Å². The van der Waals surface area contributed by atoms with Crippen LogP contribution in [0.25, 0.3) is 0 Å². The number of amidine groups is 1. The Kier molecular flexibility index (Phi) is 6.29. The first-order valence-corrected chi connectivity index (χ1v) is 11.9. The number of benzene rings is 2. The number of sulfonamides is 1. The number of halogens is 1. The molecule has 1 amide bonds. The highest BCUT2D eigenvalue weighted by Crippen LogP contribution is 2.20. The second-order valence-electron chi connectivity index (χ2n) is 7.50. The highest BCUT2D eigenvalue weighted by molar-refractivity contribution is 7.90. The molecule has 0 bridgehead atoms. The maximum atomic E-state index is 12.6. The van der Waals surface area contributed by atoms with Crippen LogP contribution >= 0.6 is 11.6 Å². The Morgan fingerprint density at radius 1 is 1.19 bits per heavy atom. The first kappa shape index (κ1) is 22.0. The molecule has 3 aromatic rings. The number of hydrogen-bond donors (Lipinski definition) is 1. The Morgan fingerprint density at radius 2 is 1.94 bits per heavy atom. The highest BCUT2D eigenvalue weighted by Gasteiger charge is 2.20. The molecule has 1 aromatic heterocycles. The summed E-state index contributed by atoms with van der Waals surface area (Å²) in [6.45, 7) is 1.24. The summed E-state index contributed by atoms with van der Waals surface area (Å²) in [5, 5.41) is 7.60. The van der Waals surface area contributed by atoms with Crippen LogP contribution in [0, 0.1) is 0 Å². The largest absolute Gasteiger partial charge is 0.362 e. The van der Waals surface area contributed by atoms with Crippen molar-refractivity contribution in [3.63, 3.8) is 0 Å². The van der Waals surface area contributed by atoms with E-state index in [1.54, 1.807) is 16.9 Å². The first-order valence-electron chi connectivity index (χ1n) is 10.0. The van der Waals surface area contributed by atoms with Gasteiger partial charge >= 0.3 is 0 Å². The zero-order valence-corrected chi connectivity index (χ0v) is 19.0. The van der Waals surface area contributed by atoms with Crippen molar-refractivity contribution in [2.75, 3.05) is 18.9 Å². The molecule has 0 atom stereocenters. The van der Waals surface area contributed by atoms with Gasteiger partial charge in [0.25, 0.3) is 15.9 Å². The van der Waals surface area contributed by atoms with Crippen LogP contribution in [0.1, 0.15) is 28.8 Å². The molecule has 0 aliphatic carbocycles. The van der Waals surface area contributed by atoms with E-state index in [9.17, 15) is 13.2 Å². The van der Waals surface area contributed by atoms with Crippen molar-refractivity contribution in [3.8, 4) is 0 Å². The maximum absolute atomic E-state index is 12.6. The van der Waals surface area contributed by atoms with Crippen LogP contribution in [0.3, 0.4) is 0 Å². The molecule has 32 heavy (non-hydrogen) atoms. The van der Waals surface area contributed by atoms with Crippen molar-refractivity contribution in [1.29, 1.82) is 0 Å². The predicted molar refractivity (Wildman–Crippen MR) is 124 cm³/mol. The molecule has 0 spiro atoms. The Labute approximate surface area is 191 Å². The number of amides is 1. The number of hydrogen-bond acceptors (Lipinski definition) is 4. The van der Waals surface area contributed by atoms with Crippen molar-refractivity contribution in [1.82, 2.24) is 14.7 Å². The van der Waals surface area contributed by atoms with E-state index >= 15 is 0 Å². The summed E-state index contributed by atoms with van der Waals surface area (Å²) in [7, 11) is -1.96. The third-order valence-electron chi connectivity index (χ3n) is 5.16. The number of nitrogens with zero attached hydrogens (tertiary/aromatic N) is 4. The number of carbonyl (C=O) groups is 1. The molecular weight excluding hydrogens is 450 g/mol. The molecule has 1 saturated heterocycles. The van der Waals surface area contributed by atoms with Crippen LogP contribution in [-0.2, 0) is 16.6 Å². The summed E-state index contributed by atoms with van der Waals surface area (Å²) in [6.07, 6.45) is 4.64. The molecule has 2 heterocycles. The minimum Gasteiger partial charge on any atom is -0.362 e. The molecule has 1 fully saturated rings. The lowest BCUT2D eigenvalue weighted by atomic mass is 10.2. The van der Waals surface area contributed by atoms with Gasteiger partial charge in [-0.1, -0.05) is 29.8 Å². The molecule has 10 heteroatoms. The van der Waals surface area contributed by atoms with Crippen molar-refractivity contribution in [2.24, 2.45) is 4.40 Å². The van der Waals surface area contributed by atoms with E-state index in [-0.39, 0.29) is 10.8 Å². The van der Waals surface area contributed by atoms with E-state index in [0.29, 0.717) is 35.1 Å². The van der Waals surface area contributed by atoms with Crippen LogP contribution in [-0.4, -0.2) is 48.4 Å². The Bertz CT molecular complexity index is 1270. The number of rotatable bonds is 6. The first-order chi connectivity index (χ1) is 15.3. The average Bonchev–Trinajstić information content (AvgIpc) is 3.39. The Morgan fingerprint density at radius 3 is 2.62 bits per heavy atom. The summed E-state index contributed by atoms with van der Waals surface area (Å²) in [5.41, 5.74) is 1.75. The number of aromatic nitrogens is 2. The van der Waals surface area contributed by atoms with Crippen LogP contribution in [0.4, 0.5) is 5.69 Å². The van der Waals surface area contributed by atoms with Gasteiger partial charge in [-0.25, -0.2) is 0 Å². The lowest BCUT2D eigenvalue weighted by Crippen LogP contribution is -2.20. The van der Waals surface area contributed by atoms with Gasteiger partial charge in [-0.15, -0.1) is 4.40 Å². The standard InChI is InChI=1S/C22H22ClN5O3S/c1-27-12-4-7-21(27)26-32(30,31)19-10-8-18(9-11-19)25-22(29)17-13-24-28(15-17)14-16-5-2-3-6-20(16)23/h2-3,5-6,8-11,13,15H,4,7,12,14H2,1H3,(H,25,29). The molecule has 4 rings (SSSR count). The molecule has 166 valence electrons. The fourth-order valence-corrected chi connectivity index (χ4v) is 4.67. The molecule has 0 unspecified atom stereocenters. The van der Waals surface area contributed by atoms with E-state index in [1.807, 2.05) is 30.1 Å². The van der Waals surface area contributed by atoms with Crippen molar-refractivity contribution < 1.29 is 13.2 Å². The second kappa shape index (κ2) is 9.13. The number of likely N-dealkylation sites (tertiary alicyclic amines) is 1. The fourth-order valence-electron chi connectivity index (χ4n) is 3.38. The van der Waals surface area contributed by atoms with Crippen LogP contribution in [0.15, 0.2) is 70.2 Å². The highest BCUT2D eigenvalue weighted by atomic mass is 35.5. The predicted octanol–water partition coefficient (Wildman–Crippen LogP) is 3.65. The van der Waals surface area contributed by atoms with E-state index in [2.05, 4.69) is 14.8 Å². The zero-order valence-electron chi connectivity index (χ0n) is 17.4. The topological polar surface area (TPSA) is 96.7 Å². The summed E-state index contributed by atoms with van der Waals surface area (Å²) in [4.78, 5) is 14.5. The van der Waals surface area contributed by atoms with Gasteiger partial charge in [0, 0.05) is 36.9 Å². The molecule has 1 aliphatic rings. The van der Waals surface area contributed by atoms with E-state index < -0.39 is 10.0 Å². The molecule has 1 N–H and O–H groups in total. The molecular formula is C22H22ClN5O3S. The van der Waals surface area contributed by atoms with Gasteiger partial charge < -0.3 is 10.2 Å². The third-order valence-corrected chi connectivity index (χ3v) is 6.84. The number of nitrogens with one attached hydrogen (secondary N) is 1. The minimum absolute atomic E-state index is 0.0795. The Hall–Kier alpha value is -3.17. The summed E-state index contributed by atoms with van der Waals surface area (Å²) >= 11 is 6.18. The van der Waals surface area contributed by atoms with Gasteiger partial charge in [0.1, 0.15) is 5.84 Å². The maximum Gasteiger partial charge on any atom is 0.283 e. The zero-order chi connectivity index (χ0) is 22.7. The summed E-state index contributed by atoms with van der Waals surface area (Å²) in [5.74, 6) is 0.218. The van der Waals surface area contributed by atoms with Gasteiger partial charge in [-0.3, -0.25) is 9.48 Å². The molecule has 0 radical (unpaired) electrons. The molecule has 2 aromatic carbocycles. The van der Waals surface area contributed by atoms with Gasteiger partial charge in [0.05, 0.1) is 23.2 Å². The lowest BCUT2D eigenvalue weighted by molar-refractivity contribution is 0.102. The van der Waals surface area contributed by atoms with E-state index in [1.165, 1.54) is 30.5 Å². The normalized spacial score (nSPS) is 15.3. The number of carbonyl (C=O) groups excluding carboxylic acids is 1. The van der Waals surface area contributed by atoms with Gasteiger partial charge in [-0.05, 0) is 42.3 Å². The fraction of sp³-hybridized carbons (Fsp3) is 0.227.